The lowest BCUT2D eigenvalue weighted by Crippen LogP contribution is -2.02. The second-order valence-electron chi connectivity index (χ2n) is 5.66. The number of fused-ring (bicyclic) bond motifs is 1. The summed E-state index contributed by atoms with van der Waals surface area (Å²) < 4.78 is 10.7. The third-order valence-corrected chi connectivity index (χ3v) is 4.24. The average molecular weight is 389 g/mol. The van der Waals surface area contributed by atoms with Gasteiger partial charge < -0.3 is 20.1 Å². The predicted octanol–water partition coefficient (Wildman–Crippen LogP) is 5.31. The average Bonchev–Trinajstić information content (AvgIpc) is 3.05. The van der Waals surface area contributed by atoms with E-state index in [-0.39, 0.29) is 6.79 Å². The van der Waals surface area contributed by atoms with Crippen molar-refractivity contribution in [2.24, 2.45) is 0 Å². The third kappa shape index (κ3) is 3.61. The summed E-state index contributed by atoms with van der Waals surface area (Å²) in [5.74, 6) is 2.48. The molecule has 0 bridgehead atoms. The van der Waals surface area contributed by atoms with Crippen molar-refractivity contribution in [1.82, 2.24) is 9.97 Å². The zero-order valence-corrected chi connectivity index (χ0v) is 15.2. The van der Waals surface area contributed by atoms with Crippen molar-refractivity contribution < 1.29 is 9.47 Å². The van der Waals surface area contributed by atoms with E-state index in [1.165, 1.54) is 0 Å². The molecule has 6 nitrogen and oxygen atoms in total. The van der Waals surface area contributed by atoms with Crippen LogP contribution in [-0.2, 0) is 0 Å². The molecule has 1 aromatic heterocycles. The lowest BCUT2D eigenvalue weighted by Gasteiger charge is -2.11. The first-order valence-electron chi connectivity index (χ1n) is 7.81. The van der Waals surface area contributed by atoms with E-state index in [0.717, 1.165) is 17.1 Å². The normalized spacial score (nSPS) is 12.1. The summed E-state index contributed by atoms with van der Waals surface area (Å²) in [4.78, 5) is 8.87. The molecule has 26 heavy (non-hydrogen) atoms. The summed E-state index contributed by atoms with van der Waals surface area (Å²) in [6, 6.07) is 12.6. The molecule has 0 saturated heterocycles. The number of hydrogen-bond acceptors (Lipinski definition) is 6. The number of nitrogens with zero attached hydrogens (tertiary/aromatic N) is 2. The van der Waals surface area contributed by atoms with Crippen LogP contribution in [0.1, 0.15) is 5.69 Å². The van der Waals surface area contributed by atoms with Gasteiger partial charge in [0, 0.05) is 28.5 Å². The number of aromatic nitrogens is 2. The van der Waals surface area contributed by atoms with Crippen molar-refractivity contribution in [1.29, 1.82) is 0 Å². The predicted molar refractivity (Wildman–Crippen MR) is 102 cm³/mol. The Morgan fingerprint density at radius 1 is 0.923 bits per heavy atom. The molecular weight excluding hydrogens is 375 g/mol. The fraction of sp³-hybridized carbons (Fsp3) is 0.111. The molecule has 0 atom stereocenters. The highest BCUT2D eigenvalue weighted by molar-refractivity contribution is 6.35. The number of aryl methyl sites for hydroxylation is 1. The van der Waals surface area contributed by atoms with Gasteiger partial charge >= 0.3 is 0 Å². The van der Waals surface area contributed by atoms with Crippen LogP contribution >= 0.6 is 23.2 Å². The molecule has 8 heteroatoms. The van der Waals surface area contributed by atoms with Gasteiger partial charge in [-0.05, 0) is 37.3 Å². The smallest absolute Gasteiger partial charge is 0.231 e. The molecule has 0 spiro atoms. The van der Waals surface area contributed by atoms with E-state index in [1.807, 2.05) is 31.2 Å². The number of ether oxygens (including phenoxy) is 2. The number of rotatable bonds is 4. The summed E-state index contributed by atoms with van der Waals surface area (Å²) in [5, 5.41) is 7.44. The molecule has 0 amide bonds. The Labute approximate surface area is 160 Å². The van der Waals surface area contributed by atoms with Gasteiger partial charge in [-0.1, -0.05) is 23.2 Å². The van der Waals surface area contributed by atoms with E-state index >= 15 is 0 Å². The molecule has 4 rings (SSSR count). The maximum atomic E-state index is 6.19. The number of benzene rings is 2. The van der Waals surface area contributed by atoms with Gasteiger partial charge in [-0.25, -0.2) is 4.98 Å². The third-order valence-electron chi connectivity index (χ3n) is 3.67. The Morgan fingerprint density at radius 3 is 2.65 bits per heavy atom. The van der Waals surface area contributed by atoms with Gasteiger partial charge in [0.1, 0.15) is 5.82 Å². The number of hydrogen-bond donors (Lipinski definition) is 2. The van der Waals surface area contributed by atoms with Crippen LogP contribution in [0.4, 0.5) is 23.1 Å². The van der Waals surface area contributed by atoms with Gasteiger partial charge in [-0.15, -0.1) is 0 Å². The van der Waals surface area contributed by atoms with Crippen molar-refractivity contribution in [2.45, 2.75) is 6.92 Å². The highest BCUT2D eigenvalue weighted by atomic mass is 35.5. The molecule has 2 heterocycles. The molecule has 0 saturated carbocycles. The standard InChI is InChI=1S/C18H14Cl2N4O2/c1-10-6-17(22-12-3-5-15-16(8-12)26-9-25-15)24-18(21-10)23-14-7-11(19)2-4-13(14)20/h2-8H,9H2,1H3,(H2,21,22,23,24). The molecule has 2 aromatic carbocycles. The molecule has 0 unspecified atom stereocenters. The fourth-order valence-electron chi connectivity index (χ4n) is 2.52. The van der Waals surface area contributed by atoms with Crippen LogP contribution in [0.2, 0.25) is 10.0 Å². The monoisotopic (exact) mass is 388 g/mol. The molecule has 1 aliphatic rings. The van der Waals surface area contributed by atoms with Gasteiger partial charge in [-0.3, -0.25) is 0 Å². The molecule has 0 aliphatic carbocycles. The minimum Gasteiger partial charge on any atom is -0.454 e. The summed E-state index contributed by atoms with van der Waals surface area (Å²) in [6.07, 6.45) is 0. The van der Waals surface area contributed by atoms with E-state index < -0.39 is 0 Å². The van der Waals surface area contributed by atoms with E-state index in [2.05, 4.69) is 20.6 Å². The minimum atomic E-state index is 0.236. The lowest BCUT2D eigenvalue weighted by atomic mass is 10.2. The molecular formula is C18H14Cl2N4O2. The second kappa shape index (κ2) is 6.90. The lowest BCUT2D eigenvalue weighted by molar-refractivity contribution is 0.174. The highest BCUT2D eigenvalue weighted by Crippen LogP contribution is 2.35. The maximum Gasteiger partial charge on any atom is 0.231 e. The SMILES string of the molecule is Cc1cc(Nc2ccc3c(c2)OCO3)nc(Nc2cc(Cl)ccc2Cl)n1. The zero-order valence-electron chi connectivity index (χ0n) is 13.7. The number of anilines is 4. The maximum absolute atomic E-state index is 6.19. The van der Waals surface area contributed by atoms with Crippen molar-refractivity contribution in [2.75, 3.05) is 17.4 Å². The topological polar surface area (TPSA) is 68.3 Å². The molecule has 1 aliphatic heterocycles. The molecule has 132 valence electrons. The molecule has 0 fully saturated rings. The number of halogens is 2. The van der Waals surface area contributed by atoms with Crippen LogP contribution in [0.25, 0.3) is 0 Å². The Balaban J connectivity index is 1.59. The van der Waals surface area contributed by atoms with Crippen LogP contribution in [-0.4, -0.2) is 16.8 Å². The fourth-order valence-corrected chi connectivity index (χ4v) is 2.86. The first-order chi connectivity index (χ1) is 12.6. The highest BCUT2D eigenvalue weighted by Gasteiger charge is 2.14. The molecule has 0 radical (unpaired) electrons. The van der Waals surface area contributed by atoms with E-state index in [4.69, 9.17) is 32.7 Å². The van der Waals surface area contributed by atoms with Crippen LogP contribution < -0.4 is 20.1 Å². The zero-order chi connectivity index (χ0) is 18.1. The second-order valence-corrected chi connectivity index (χ2v) is 6.50. The Kier molecular flexibility index (Phi) is 4.44. The van der Waals surface area contributed by atoms with Crippen LogP contribution in [0.3, 0.4) is 0 Å². The first-order valence-corrected chi connectivity index (χ1v) is 8.57. The van der Waals surface area contributed by atoms with Gasteiger partial charge in [-0.2, -0.15) is 4.98 Å². The van der Waals surface area contributed by atoms with Crippen LogP contribution in [0.5, 0.6) is 11.5 Å². The van der Waals surface area contributed by atoms with E-state index in [0.29, 0.717) is 33.2 Å². The van der Waals surface area contributed by atoms with Crippen LogP contribution in [0, 0.1) is 6.92 Å². The van der Waals surface area contributed by atoms with Crippen molar-refractivity contribution >= 4 is 46.3 Å². The van der Waals surface area contributed by atoms with Crippen molar-refractivity contribution in [3.05, 3.63) is 58.2 Å². The van der Waals surface area contributed by atoms with Gasteiger partial charge in [0.2, 0.25) is 12.7 Å². The van der Waals surface area contributed by atoms with Crippen molar-refractivity contribution in [3.63, 3.8) is 0 Å². The summed E-state index contributed by atoms with van der Waals surface area (Å²) >= 11 is 12.2. The molecule has 2 N–H and O–H groups in total. The molecule has 3 aromatic rings. The Hall–Kier alpha value is -2.70. The van der Waals surface area contributed by atoms with E-state index in [1.54, 1.807) is 18.2 Å². The largest absolute Gasteiger partial charge is 0.454 e. The summed E-state index contributed by atoms with van der Waals surface area (Å²) in [7, 11) is 0. The number of nitrogens with one attached hydrogen (secondary N) is 2. The first kappa shape index (κ1) is 16.8. The Bertz CT molecular complexity index is 981. The van der Waals surface area contributed by atoms with Gasteiger partial charge in [0.05, 0.1) is 10.7 Å². The van der Waals surface area contributed by atoms with Gasteiger partial charge in [0.15, 0.2) is 11.5 Å². The quantitative estimate of drug-likeness (QED) is 0.631. The summed E-state index contributed by atoms with van der Waals surface area (Å²) in [5.41, 5.74) is 2.27. The summed E-state index contributed by atoms with van der Waals surface area (Å²) in [6.45, 7) is 2.12. The van der Waals surface area contributed by atoms with Gasteiger partial charge in [0.25, 0.3) is 0 Å². The van der Waals surface area contributed by atoms with E-state index in [9.17, 15) is 0 Å². The van der Waals surface area contributed by atoms with Crippen LogP contribution in [0.15, 0.2) is 42.5 Å². The minimum absolute atomic E-state index is 0.236. The van der Waals surface area contributed by atoms with Crippen molar-refractivity contribution in [3.8, 4) is 11.5 Å². The Morgan fingerprint density at radius 2 is 1.77 bits per heavy atom.